The Morgan fingerprint density at radius 3 is 2.36 bits per heavy atom. The number of carbonyl (C=O) groups is 1. The van der Waals surface area contributed by atoms with Gasteiger partial charge in [0, 0.05) is 21.3 Å². The van der Waals surface area contributed by atoms with Crippen LogP contribution >= 0.6 is 22.9 Å². The third-order valence-corrected chi connectivity index (χ3v) is 9.69. The first-order valence-electron chi connectivity index (χ1n) is 13.8. The van der Waals surface area contributed by atoms with E-state index >= 15 is 0 Å². The van der Waals surface area contributed by atoms with Gasteiger partial charge in [0.05, 0.1) is 38.2 Å². The van der Waals surface area contributed by atoms with Gasteiger partial charge >= 0.3 is 12.3 Å². The Kier molecular flexibility index (Phi) is 9.73. The van der Waals surface area contributed by atoms with Crippen molar-refractivity contribution >= 4 is 55.9 Å². The molecule has 1 amide bonds. The van der Waals surface area contributed by atoms with E-state index in [0.717, 1.165) is 11.5 Å². The fourth-order valence-corrected chi connectivity index (χ4v) is 6.47. The Hall–Kier alpha value is -3.10. The van der Waals surface area contributed by atoms with Crippen LogP contribution < -0.4 is 10.0 Å². The highest BCUT2D eigenvalue weighted by Crippen LogP contribution is 2.42. The second-order valence-electron chi connectivity index (χ2n) is 12.5. The number of ether oxygens (including phenoxy) is 1. The number of hydrogen-bond donors (Lipinski definition) is 3. The highest BCUT2D eigenvalue weighted by atomic mass is 35.5. The van der Waals surface area contributed by atoms with Crippen molar-refractivity contribution < 1.29 is 32.0 Å². The minimum Gasteiger partial charge on any atom is -0.444 e. The number of rotatable bonds is 7. The first-order valence-corrected chi connectivity index (χ1v) is 16.1. The summed E-state index contributed by atoms with van der Waals surface area (Å²) in [5, 5.41) is 13.9. The minimum absolute atomic E-state index is 0.163. The summed E-state index contributed by atoms with van der Waals surface area (Å²) in [4.78, 5) is 22.0. The zero-order valence-electron chi connectivity index (χ0n) is 25.7. The summed E-state index contributed by atoms with van der Waals surface area (Å²) in [5.74, 6) is 0.163. The third-order valence-electron chi connectivity index (χ3n) is 6.55. The molecule has 3 heterocycles. The van der Waals surface area contributed by atoms with Gasteiger partial charge < -0.3 is 9.84 Å². The molecule has 3 aromatic heterocycles. The third kappa shape index (κ3) is 8.01. The van der Waals surface area contributed by atoms with Crippen LogP contribution in [0.4, 0.5) is 23.8 Å². The molecule has 3 unspecified atom stereocenters. The maximum Gasteiger partial charge on any atom is 0.421 e. The highest BCUT2D eigenvalue weighted by molar-refractivity contribution is 7.84. The number of pyridine rings is 2. The molecule has 0 radical (unpaired) electrons. The number of nitrogens with zero attached hydrogens (tertiary/aromatic N) is 2. The standard InChI is InChI=1S/C31H34ClF3N4O4S2/c1-28(2,3)43-27(40)38-23-12-11-20(32)24(37-23)25(39-45(42)29(4,5)6)22-15-17-9-8-10-19(26(17)44-22)21-16-18(13-14-36-21)30(7,41)31(33,34)35/h8-16,25,39,41H,1-7H3,(H,37,38,40). The van der Waals surface area contributed by atoms with Gasteiger partial charge in [-0.3, -0.25) is 10.3 Å². The fourth-order valence-electron chi connectivity index (χ4n) is 4.14. The number of halogens is 4. The molecule has 4 aromatic rings. The summed E-state index contributed by atoms with van der Waals surface area (Å²) in [6.07, 6.45) is -4.38. The Balaban J connectivity index is 1.83. The van der Waals surface area contributed by atoms with Crippen LogP contribution in [0.25, 0.3) is 21.3 Å². The molecule has 0 saturated heterocycles. The van der Waals surface area contributed by atoms with E-state index in [1.165, 1.54) is 29.7 Å². The number of amides is 1. The second-order valence-corrected chi connectivity index (χ2v) is 16.0. The predicted molar refractivity (Wildman–Crippen MR) is 173 cm³/mol. The number of hydrogen-bond acceptors (Lipinski definition) is 7. The summed E-state index contributed by atoms with van der Waals surface area (Å²) < 4.78 is 62.7. The van der Waals surface area contributed by atoms with Crippen molar-refractivity contribution in [1.82, 2.24) is 14.7 Å². The van der Waals surface area contributed by atoms with E-state index in [1.54, 1.807) is 59.7 Å². The number of nitrogens with one attached hydrogen (secondary N) is 2. The molecule has 14 heteroatoms. The van der Waals surface area contributed by atoms with Gasteiger partial charge in [-0.05, 0) is 89.7 Å². The normalized spacial score (nSPS) is 15.4. The summed E-state index contributed by atoms with van der Waals surface area (Å²) in [6.45, 7) is 11.3. The second kappa shape index (κ2) is 12.6. The van der Waals surface area contributed by atoms with Crippen molar-refractivity contribution in [3.05, 3.63) is 75.9 Å². The van der Waals surface area contributed by atoms with Gasteiger partial charge in [-0.2, -0.15) is 13.2 Å². The highest BCUT2D eigenvalue weighted by Gasteiger charge is 2.51. The van der Waals surface area contributed by atoms with Crippen LogP contribution in [0.3, 0.4) is 0 Å². The van der Waals surface area contributed by atoms with Gasteiger partial charge in [-0.25, -0.2) is 18.7 Å². The molecule has 0 aliphatic heterocycles. The molecule has 3 N–H and O–H groups in total. The molecule has 1 aromatic carbocycles. The largest absolute Gasteiger partial charge is 0.444 e. The number of aromatic nitrogens is 2. The molecule has 0 aliphatic rings. The molecule has 242 valence electrons. The first kappa shape index (κ1) is 34.8. The van der Waals surface area contributed by atoms with Crippen LogP contribution in [-0.2, 0) is 21.3 Å². The number of alkyl halides is 3. The SMILES string of the molecule is CC(C)(C)OC(=O)Nc1ccc(Cl)c(C(NS(=O)C(C)(C)C)c2cc3cccc(-c4cc(C(C)(O)C(F)(F)F)ccn4)c3s2)n1. The minimum atomic E-state index is -4.89. The van der Waals surface area contributed by atoms with Crippen molar-refractivity contribution in [3.8, 4) is 11.3 Å². The molecule has 3 atom stereocenters. The van der Waals surface area contributed by atoms with E-state index in [4.69, 9.17) is 16.3 Å². The van der Waals surface area contributed by atoms with E-state index < -0.39 is 45.2 Å². The predicted octanol–water partition coefficient (Wildman–Crippen LogP) is 8.27. The lowest BCUT2D eigenvalue weighted by atomic mass is 9.94. The lowest BCUT2D eigenvalue weighted by Gasteiger charge is -2.26. The van der Waals surface area contributed by atoms with E-state index in [-0.39, 0.29) is 27.8 Å². The molecule has 0 saturated carbocycles. The topological polar surface area (TPSA) is 113 Å². The zero-order chi connectivity index (χ0) is 33.5. The van der Waals surface area contributed by atoms with Crippen molar-refractivity contribution in [2.24, 2.45) is 0 Å². The fraction of sp³-hybridized carbons (Fsp3) is 0.387. The summed E-state index contributed by atoms with van der Waals surface area (Å²) in [5.41, 5.74) is -3.10. The molecule has 45 heavy (non-hydrogen) atoms. The number of benzene rings is 1. The monoisotopic (exact) mass is 682 g/mol. The van der Waals surface area contributed by atoms with E-state index in [2.05, 4.69) is 20.0 Å². The van der Waals surface area contributed by atoms with Crippen molar-refractivity contribution in [2.45, 2.75) is 76.6 Å². The molecule has 0 aliphatic carbocycles. The van der Waals surface area contributed by atoms with Crippen LogP contribution in [0.2, 0.25) is 5.02 Å². The maximum absolute atomic E-state index is 13.6. The summed E-state index contributed by atoms with van der Waals surface area (Å²) in [6, 6.07) is 11.8. The molecular formula is C31H34ClF3N4O4S2. The Morgan fingerprint density at radius 1 is 1.04 bits per heavy atom. The average molecular weight is 683 g/mol. The van der Waals surface area contributed by atoms with Crippen LogP contribution in [-0.4, -0.2) is 41.9 Å². The molecule has 8 nitrogen and oxygen atoms in total. The van der Waals surface area contributed by atoms with Crippen molar-refractivity contribution in [3.63, 3.8) is 0 Å². The van der Waals surface area contributed by atoms with Gasteiger partial charge in [0.1, 0.15) is 11.4 Å². The van der Waals surface area contributed by atoms with E-state index in [0.29, 0.717) is 22.1 Å². The van der Waals surface area contributed by atoms with E-state index in [9.17, 15) is 27.3 Å². The molecule has 0 spiro atoms. The lowest BCUT2D eigenvalue weighted by molar-refractivity contribution is -0.258. The van der Waals surface area contributed by atoms with Gasteiger partial charge in [0.15, 0.2) is 5.60 Å². The lowest BCUT2D eigenvalue weighted by Crippen LogP contribution is -2.39. The number of carbonyl (C=O) groups excluding carboxylic acids is 1. The Morgan fingerprint density at radius 2 is 1.73 bits per heavy atom. The average Bonchev–Trinajstić information content (AvgIpc) is 3.35. The molecular weight excluding hydrogens is 649 g/mol. The van der Waals surface area contributed by atoms with Crippen LogP contribution in [0.1, 0.15) is 70.6 Å². The van der Waals surface area contributed by atoms with E-state index in [1.807, 2.05) is 12.1 Å². The molecule has 0 bridgehead atoms. The quantitative estimate of drug-likeness (QED) is 0.181. The van der Waals surface area contributed by atoms with Gasteiger partial charge in [-0.15, -0.1) is 11.3 Å². The van der Waals surface area contributed by atoms with Gasteiger partial charge in [-0.1, -0.05) is 29.8 Å². The summed E-state index contributed by atoms with van der Waals surface area (Å²) >= 11 is 7.94. The first-order chi connectivity index (χ1) is 20.7. The molecule has 4 rings (SSSR count). The number of fused-ring (bicyclic) bond motifs is 1. The van der Waals surface area contributed by atoms with Gasteiger partial charge in [0.25, 0.3) is 0 Å². The number of anilines is 1. The molecule has 0 fully saturated rings. The Bertz CT molecular complexity index is 1750. The van der Waals surface area contributed by atoms with Gasteiger partial charge in [0.2, 0.25) is 0 Å². The van der Waals surface area contributed by atoms with Crippen LogP contribution in [0, 0.1) is 0 Å². The number of thiophene rings is 1. The van der Waals surface area contributed by atoms with Crippen molar-refractivity contribution in [1.29, 1.82) is 0 Å². The Labute approximate surface area is 271 Å². The maximum atomic E-state index is 13.6. The zero-order valence-corrected chi connectivity index (χ0v) is 28.1. The summed E-state index contributed by atoms with van der Waals surface area (Å²) in [7, 11) is -1.59. The van der Waals surface area contributed by atoms with Crippen molar-refractivity contribution in [2.75, 3.05) is 5.32 Å². The smallest absolute Gasteiger partial charge is 0.421 e. The van der Waals surface area contributed by atoms with Crippen LogP contribution in [0.15, 0.2) is 54.7 Å². The number of aliphatic hydroxyl groups is 1. The van der Waals surface area contributed by atoms with Crippen LogP contribution in [0.5, 0.6) is 0 Å².